The summed E-state index contributed by atoms with van der Waals surface area (Å²) in [5, 5.41) is 0. The molecule has 2 heterocycles. The van der Waals surface area contributed by atoms with Gasteiger partial charge in [0.15, 0.2) is 0 Å². The van der Waals surface area contributed by atoms with Crippen LogP contribution in [0.2, 0.25) is 0 Å². The summed E-state index contributed by atoms with van der Waals surface area (Å²) < 4.78 is 59.3. The van der Waals surface area contributed by atoms with Gasteiger partial charge < -0.3 is 24.7 Å². The molecule has 32 heavy (non-hydrogen) atoms. The predicted octanol–water partition coefficient (Wildman–Crippen LogP) is 4.25. The molecule has 182 valence electrons. The van der Waals surface area contributed by atoms with Crippen LogP contribution in [-0.2, 0) is 14.0 Å². The van der Waals surface area contributed by atoms with Gasteiger partial charge in [-0.05, 0) is 68.2 Å². The molecule has 7 nitrogen and oxygen atoms in total. The summed E-state index contributed by atoms with van der Waals surface area (Å²) in [7, 11) is -1.28. The summed E-state index contributed by atoms with van der Waals surface area (Å²) in [6, 6.07) is -0.623. The Morgan fingerprint density at radius 2 is 1.56 bits per heavy atom. The van der Waals surface area contributed by atoms with E-state index in [0.29, 0.717) is 0 Å². The second-order valence-corrected chi connectivity index (χ2v) is 10.4. The van der Waals surface area contributed by atoms with Crippen LogP contribution in [0.3, 0.4) is 0 Å². The van der Waals surface area contributed by atoms with E-state index in [1.807, 2.05) is 0 Å². The van der Waals surface area contributed by atoms with E-state index in [2.05, 4.69) is 4.99 Å². The molecule has 0 aromatic heterocycles. The first-order valence-corrected chi connectivity index (χ1v) is 10.8. The van der Waals surface area contributed by atoms with Gasteiger partial charge in [0.1, 0.15) is 11.3 Å². The number of carbonyl (C=O) groups excluding carboxylic acids is 1. The van der Waals surface area contributed by atoms with Gasteiger partial charge in [-0.2, -0.15) is 13.2 Å². The number of ether oxygens (including phenoxy) is 1. The van der Waals surface area contributed by atoms with Crippen LogP contribution < -0.4 is 5.73 Å². The summed E-state index contributed by atoms with van der Waals surface area (Å²) >= 11 is 0. The first-order valence-electron chi connectivity index (χ1n) is 10.8. The monoisotopic (exact) mass is 461 g/mol. The smallest absolute Gasteiger partial charge is 0.444 e. The van der Waals surface area contributed by atoms with Crippen LogP contribution in [0.15, 0.2) is 16.2 Å². The Balaban J connectivity index is 2.25. The van der Waals surface area contributed by atoms with Gasteiger partial charge in [-0.15, -0.1) is 0 Å². The van der Waals surface area contributed by atoms with Crippen molar-refractivity contribution in [3.8, 4) is 0 Å². The lowest BCUT2D eigenvalue weighted by atomic mass is 9.73. The lowest BCUT2D eigenvalue weighted by Gasteiger charge is -2.32. The molecule has 2 N–H and O–H groups in total. The van der Waals surface area contributed by atoms with E-state index in [-0.39, 0.29) is 37.1 Å². The third kappa shape index (κ3) is 6.18. The van der Waals surface area contributed by atoms with E-state index in [4.69, 9.17) is 19.8 Å². The van der Waals surface area contributed by atoms with Gasteiger partial charge in [-0.25, -0.2) is 4.79 Å². The standard InChI is InChI=1S/C21H35BF3N3O4/c1-13(26)15(22-31-19(5,6)20(7,8)32-22)16(21(23,24)25)27-14-9-11-28(12-10-14)17(29)30-18(2,3)4/h14H,9-12,26H2,1-8H3. The van der Waals surface area contributed by atoms with E-state index in [0.717, 1.165) is 0 Å². The van der Waals surface area contributed by atoms with Gasteiger partial charge in [0.2, 0.25) is 0 Å². The normalized spacial score (nSPS) is 23.3. The number of nitrogens with two attached hydrogens (primary N) is 1. The SMILES string of the molecule is CC(N)=C(B1OC(C)(C)C(C)(C)O1)C(=NC1CCN(C(=O)OC(C)(C)C)CC1)C(F)(F)F. The highest BCUT2D eigenvalue weighted by atomic mass is 19.4. The number of carbonyl (C=O) groups is 1. The number of hydrogen-bond donors (Lipinski definition) is 1. The molecule has 0 unspecified atom stereocenters. The van der Waals surface area contributed by atoms with Crippen LogP contribution in [0.5, 0.6) is 0 Å². The van der Waals surface area contributed by atoms with Gasteiger partial charge in [0.05, 0.1) is 17.2 Å². The Morgan fingerprint density at radius 3 is 1.94 bits per heavy atom. The molecule has 0 saturated carbocycles. The van der Waals surface area contributed by atoms with Crippen molar-refractivity contribution in [2.75, 3.05) is 13.1 Å². The van der Waals surface area contributed by atoms with Crippen LogP contribution in [0.25, 0.3) is 0 Å². The molecule has 0 aromatic carbocycles. The van der Waals surface area contributed by atoms with Crippen LogP contribution in [0.1, 0.15) is 68.2 Å². The van der Waals surface area contributed by atoms with Crippen molar-refractivity contribution in [1.29, 1.82) is 0 Å². The maximum atomic E-state index is 14.1. The Kier molecular flexibility index (Phi) is 7.36. The van der Waals surface area contributed by atoms with Gasteiger partial charge in [-0.3, -0.25) is 4.99 Å². The van der Waals surface area contributed by atoms with E-state index in [1.54, 1.807) is 48.5 Å². The van der Waals surface area contributed by atoms with Crippen molar-refractivity contribution in [2.45, 2.75) is 97.3 Å². The van der Waals surface area contributed by atoms with E-state index in [1.165, 1.54) is 11.8 Å². The summed E-state index contributed by atoms with van der Waals surface area (Å²) in [6.07, 6.45) is -4.67. The van der Waals surface area contributed by atoms with Gasteiger partial charge in [0.25, 0.3) is 0 Å². The second-order valence-electron chi connectivity index (χ2n) is 10.4. The molecule has 1 amide bonds. The number of likely N-dealkylation sites (tertiary alicyclic amines) is 1. The van der Waals surface area contributed by atoms with Crippen molar-refractivity contribution in [2.24, 2.45) is 10.7 Å². The van der Waals surface area contributed by atoms with Gasteiger partial charge >= 0.3 is 19.4 Å². The number of aliphatic imine (C=N–C) groups is 1. The van der Waals surface area contributed by atoms with Crippen LogP contribution in [0.4, 0.5) is 18.0 Å². The average Bonchev–Trinajstić information content (AvgIpc) is 2.79. The first kappa shape index (κ1) is 26.5. The molecule has 0 radical (unpaired) electrons. The number of amides is 1. The molecule has 2 aliphatic heterocycles. The molecule has 0 atom stereocenters. The van der Waals surface area contributed by atoms with Crippen molar-refractivity contribution in [3.63, 3.8) is 0 Å². The largest absolute Gasteiger partial charge is 0.498 e. The number of alkyl halides is 3. The molecule has 0 spiro atoms. The molecule has 0 bridgehead atoms. The Labute approximate surface area is 188 Å². The Morgan fingerprint density at radius 1 is 1.09 bits per heavy atom. The number of nitrogens with zero attached hydrogens (tertiary/aromatic N) is 2. The quantitative estimate of drug-likeness (QED) is 0.502. The van der Waals surface area contributed by atoms with Crippen molar-refractivity contribution in [1.82, 2.24) is 4.90 Å². The zero-order valence-corrected chi connectivity index (χ0v) is 20.2. The minimum absolute atomic E-state index is 0.0641. The molecule has 2 rings (SSSR count). The van der Waals surface area contributed by atoms with Crippen LogP contribution in [-0.4, -0.2) is 65.9 Å². The molecular weight excluding hydrogens is 426 g/mol. The summed E-state index contributed by atoms with van der Waals surface area (Å²) in [4.78, 5) is 17.8. The van der Waals surface area contributed by atoms with E-state index >= 15 is 0 Å². The number of rotatable bonds is 3. The van der Waals surface area contributed by atoms with Crippen LogP contribution >= 0.6 is 0 Å². The number of halogens is 3. The highest BCUT2D eigenvalue weighted by Gasteiger charge is 2.56. The molecular formula is C21H35BF3N3O4. The highest BCUT2D eigenvalue weighted by Crippen LogP contribution is 2.40. The molecule has 11 heteroatoms. The summed E-state index contributed by atoms with van der Waals surface area (Å²) in [5.74, 6) is 0. The lowest BCUT2D eigenvalue weighted by Crippen LogP contribution is -2.43. The highest BCUT2D eigenvalue weighted by molar-refractivity contribution is 6.63. The molecule has 2 fully saturated rings. The predicted molar refractivity (Wildman–Crippen MR) is 117 cm³/mol. The third-order valence-corrected chi connectivity index (χ3v) is 5.87. The van der Waals surface area contributed by atoms with Gasteiger partial charge in [-0.1, -0.05) is 0 Å². The maximum absolute atomic E-state index is 14.1. The Hall–Kier alpha value is -1.75. The summed E-state index contributed by atoms with van der Waals surface area (Å²) in [5.41, 5.74) is 2.14. The topological polar surface area (TPSA) is 86.4 Å². The number of piperidine rings is 1. The van der Waals surface area contributed by atoms with E-state index in [9.17, 15) is 18.0 Å². The zero-order chi connectivity index (χ0) is 24.7. The third-order valence-electron chi connectivity index (χ3n) is 5.87. The van der Waals surface area contributed by atoms with Crippen molar-refractivity contribution in [3.05, 3.63) is 11.2 Å². The fourth-order valence-electron chi connectivity index (χ4n) is 3.43. The van der Waals surface area contributed by atoms with Crippen molar-refractivity contribution < 1.29 is 32.0 Å². The minimum Gasteiger partial charge on any atom is -0.444 e. The Bertz CT molecular complexity index is 760. The van der Waals surface area contributed by atoms with Crippen molar-refractivity contribution >= 4 is 18.9 Å². The second kappa shape index (κ2) is 8.89. The number of hydrogen-bond acceptors (Lipinski definition) is 6. The minimum atomic E-state index is -4.75. The van der Waals surface area contributed by atoms with E-state index < -0.39 is 47.9 Å². The zero-order valence-electron chi connectivity index (χ0n) is 20.2. The summed E-state index contributed by atoms with van der Waals surface area (Å²) in [6.45, 7) is 14.2. The first-order chi connectivity index (χ1) is 14.3. The number of allylic oxidation sites excluding steroid dienone is 2. The molecule has 0 aliphatic carbocycles. The fourth-order valence-corrected chi connectivity index (χ4v) is 3.43. The molecule has 0 aromatic rings. The molecule has 2 saturated heterocycles. The van der Waals surface area contributed by atoms with Gasteiger partial charge in [0, 0.05) is 24.3 Å². The maximum Gasteiger partial charge on any atom is 0.498 e. The van der Waals surface area contributed by atoms with Crippen LogP contribution in [0, 0.1) is 0 Å². The fraction of sp³-hybridized carbons (Fsp3) is 0.810. The molecule has 2 aliphatic rings. The lowest BCUT2D eigenvalue weighted by molar-refractivity contribution is -0.0587. The average molecular weight is 461 g/mol.